The van der Waals surface area contributed by atoms with E-state index in [2.05, 4.69) is 38.2 Å². The summed E-state index contributed by atoms with van der Waals surface area (Å²) in [5.41, 5.74) is 6.59. The molecule has 1 rings (SSSR count). The maximum absolute atomic E-state index is 12.0. The Balaban J connectivity index is 2.69. The second-order valence-corrected chi connectivity index (χ2v) is 6.02. The SMILES string of the molecule is CC(C)(C)C(NC(=O)CCCCN)c1ccccc1. The van der Waals surface area contributed by atoms with Gasteiger partial charge in [0, 0.05) is 6.42 Å². The first kappa shape index (κ1) is 15.7. The first-order valence-corrected chi connectivity index (χ1v) is 6.99. The Bertz CT molecular complexity index is 381. The van der Waals surface area contributed by atoms with Gasteiger partial charge in [0.15, 0.2) is 0 Å². The molecule has 3 nitrogen and oxygen atoms in total. The van der Waals surface area contributed by atoms with Crippen molar-refractivity contribution in [2.75, 3.05) is 6.54 Å². The average molecular weight is 262 g/mol. The first-order chi connectivity index (χ1) is 8.95. The van der Waals surface area contributed by atoms with Crippen molar-refractivity contribution in [3.05, 3.63) is 35.9 Å². The number of unbranched alkanes of at least 4 members (excludes halogenated alkanes) is 1. The van der Waals surface area contributed by atoms with E-state index in [1.807, 2.05) is 18.2 Å². The van der Waals surface area contributed by atoms with Gasteiger partial charge in [-0.15, -0.1) is 0 Å². The molecule has 0 aliphatic heterocycles. The lowest BCUT2D eigenvalue weighted by Crippen LogP contribution is -2.36. The molecule has 0 bridgehead atoms. The Morgan fingerprint density at radius 1 is 1.21 bits per heavy atom. The van der Waals surface area contributed by atoms with Crippen LogP contribution in [0.3, 0.4) is 0 Å². The van der Waals surface area contributed by atoms with Crippen molar-refractivity contribution < 1.29 is 4.79 Å². The highest BCUT2D eigenvalue weighted by Crippen LogP contribution is 2.32. The third-order valence-electron chi connectivity index (χ3n) is 3.16. The van der Waals surface area contributed by atoms with Crippen LogP contribution in [0.2, 0.25) is 0 Å². The summed E-state index contributed by atoms with van der Waals surface area (Å²) in [7, 11) is 0. The highest BCUT2D eigenvalue weighted by molar-refractivity contribution is 5.76. The van der Waals surface area contributed by atoms with Gasteiger partial charge < -0.3 is 11.1 Å². The minimum atomic E-state index is -0.00905. The Morgan fingerprint density at radius 3 is 2.37 bits per heavy atom. The van der Waals surface area contributed by atoms with Gasteiger partial charge in [0.1, 0.15) is 0 Å². The van der Waals surface area contributed by atoms with Gasteiger partial charge in [0.05, 0.1) is 6.04 Å². The van der Waals surface area contributed by atoms with E-state index in [0.717, 1.165) is 18.4 Å². The molecule has 1 atom stereocenters. The Kier molecular flexibility index (Phi) is 6.03. The number of carbonyl (C=O) groups is 1. The number of hydrogen-bond donors (Lipinski definition) is 2. The first-order valence-electron chi connectivity index (χ1n) is 6.99. The van der Waals surface area contributed by atoms with Gasteiger partial charge in [0.2, 0.25) is 5.91 Å². The van der Waals surface area contributed by atoms with E-state index < -0.39 is 0 Å². The van der Waals surface area contributed by atoms with Crippen molar-refractivity contribution >= 4 is 5.91 Å². The number of benzene rings is 1. The van der Waals surface area contributed by atoms with Crippen LogP contribution in [0, 0.1) is 5.41 Å². The smallest absolute Gasteiger partial charge is 0.220 e. The minimum Gasteiger partial charge on any atom is -0.349 e. The quantitative estimate of drug-likeness (QED) is 0.774. The lowest BCUT2D eigenvalue weighted by Gasteiger charge is -2.32. The molecule has 106 valence electrons. The van der Waals surface area contributed by atoms with Crippen molar-refractivity contribution in [1.82, 2.24) is 5.32 Å². The zero-order chi connectivity index (χ0) is 14.3. The van der Waals surface area contributed by atoms with Gasteiger partial charge >= 0.3 is 0 Å². The maximum Gasteiger partial charge on any atom is 0.220 e. The average Bonchev–Trinajstić information content (AvgIpc) is 2.36. The van der Waals surface area contributed by atoms with Crippen molar-refractivity contribution in [1.29, 1.82) is 0 Å². The van der Waals surface area contributed by atoms with Gasteiger partial charge in [-0.05, 0) is 30.4 Å². The summed E-state index contributed by atoms with van der Waals surface area (Å²) < 4.78 is 0. The van der Waals surface area contributed by atoms with Gasteiger partial charge in [-0.3, -0.25) is 4.79 Å². The number of nitrogens with one attached hydrogen (secondary N) is 1. The molecule has 0 saturated carbocycles. The standard InChI is InChI=1S/C16H26N2O/c1-16(2,3)15(13-9-5-4-6-10-13)18-14(19)11-7-8-12-17/h4-6,9-10,15H,7-8,11-12,17H2,1-3H3,(H,18,19). The molecule has 1 aromatic rings. The fourth-order valence-corrected chi connectivity index (χ4v) is 2.11. The summed E-state index contributed by atoms with van der Waals surface area (Å²) in [6.07, 6.45) is 2.31. The van der Waals surface area contributed by atoms with Crippen LogP contribution in [0.15, 0.2) is 30.3 Å². The van der Waals surface area contributed by atoms with E-state index in [0.29, 0.717) is 13.0 Å². The number of amides is 1. The normalized spacial score (nSPS) is 13.1. The van der Waals surface area contributed by atoms with Crippen LogP contribution in [-0.2, 0) is 4.79 Å². The summed E-state index contributed by atoms with van der Waals surface area (Å²) in [6, 6.07) is 10.2. The van der Waals surface area contributed by atoms with Crippen LogP contribution in [0.25, 0.3) is 0 Å². The molecule has 0 aliphatic carbocycles. The second-order valence-electron chi connectivity index (χ2n) is 6.02. The van der Waals surface area contributed by atoms with E-state index in [4.69, 9.17) is 5.73 Å². The van der Waals surface area contributed by atoms with Crippen LogP contribution < -0.4 is 11.1 Å². The van der Waals surface area contributed by atoms with E-state index in [1.165, 1.54) is 0 Å². The monoisotopic (exact) mass is 262 g/mol. The van der Waals surface area contributed by atoms with Gasteiger partial charge in [0.25, 0.3) is 0 Å². The fraction of sp³-hybridized carbons (Fsp3) is 0.562. The molecule has 0 aliphatic rings. The number of carbonyl (C=O) groups excluding carboxylic acids is 1. The third-order valence-corrected chi connectivity index (χ3v) is 3.16. The second kappa shape index (κ2) is 7.29. The number of hydrogen-bond acceptors (Lipinski definition) is 2. The summed E-state index contributed by atoms with van der Waals surface area (Å²) in [5.74, 6) is 0.109. The predicted octanol–water partition coefficient (Wildman–Crippen LogP) is 3.02. The predicted molar refractivity (Wildman–Crippen MR) is 79.7 cm³/mol. The molecule has 0 fully saturated rings. The molecule has 1 aromatic carbocycles. The van der Waals surface area contributed by atoms with Crippen molar-refractivity contribution in [3.8, 4) is 0 Å². The fourth-order valence-electron chi connectivity index (χ4n) is 2.11. The molecule has 0 saturated heterocycles. The lowest BCUT2D eigenvalue weighted by atomic mass is 9.82. The van der Waals surface area contributed by atoms with Crippen LogP contribution >= 0.6 is 0 Å². The maximum atomic E-state index is 12.0. The minimum absolute atomic E-state index is 0.00905. The third kappa shape index (κ3) is 5.43. The van der Waals surface area contributed by atoms with E-state index >= 15 is 0 Å². The van der Waals surface area contributed by atoms with Gasteiger partial charge in [-0.1, -0.05) is 51.1 Å². The van der Waals surface area contributed by atoms with Crippen molar-refractivity contribution in [3.63, 3.8) is 0 Å². The number of rotatable bonds is 6. The molecular formula is C16H26N2O. The van der Waals surface area contributed by atoms with Crippen LogP contribution in [-0.4, -0.2) is 12.5 Å². The molecule has 19 heavy (non-hydrogen) atoms. The van der Waals surface area contributed by atoms with Crippen molar-refractivity contribution in [2.24, 2.45) is 11.1 Å². The highest BCUT2D eigenvalue weighted by Gasteiger charge is 2.27. The molecule has 3 N–H and O–H groups in total. The van der Waals surface area contributed by atoms with Gasteiger partial charge in [-0.25, -0.2) is 0 Å². The van der Waals surface area contributed by atoms with E-state index in [1.54, 1.807) is 0 Å². The molecule has 3 heteroatoms. The topological polar surface area (TPSA) is 55.1 Å². The largest absolute Gasteiger partial charge is 0.349 e. The van der Waals surface area contributed by atoms with Gasteiger partial charge in [-0.2, -0.15) is 0 Å². The van der Waals surface area contributed by atoms with Crippen LogP contribution in [0.4, 0.5) is 0 Å². The summed E-state index contributed by atoms with van der Waals surface area (Å²) in [4.78, 5) is 12.0. The summed E-state index contributed by atoms with van der Waals surface area (Å²) in [6.45, 7) is 7.08. The Hall–Kier alpha value is -1.35. The van der Waals surface area contributed by atoms with E-state index in [9.17, 15) is 4.79 Å². The zero-order valence-corrected chi connectivity index (χ0v) is 12.3. The summed E-state index contributed by atoms with van der Waals surface area (Å²) in [5, 5.41) is 3.15. The zero-order valence-electron chi connectivity index (χ0n) is 12.3. The number of nitrogens with two attached hydrogens (primary N) is 1. The Morgan fingerprint density at radius 2 is 1.84 bits per heavy atom. The molecule has 0 aromatic heterocycles. The molecule has 0 spiro atoms. The molecule has 0 radical (unpaired) electrons. The van der Waals surface area contributed by atoms with Crippen LogP contribution in [0.5, 0.6) is 0 Å². The van der Waals surface area contributed by atoms with Crippen molar-refractivity contribution in [2.45, 2.75) is 46.1 Å². The van der Waals surface area contributed by atoms with Crippen LogP contribution in [0.1, 0.15) is 51.6 Å². The lowest BCUT2D eigenvalue weighted by molar-refractivity contribution is -0.122. The summed E-state index contributed by atoms with van der Waals surface area (Å²) >= 11 is 0. The van der Waals surface area contributed by atoms with E-state index in [-0.39, 0.29) is 17.4 Å². The molecule has 1 amide bonds. The molecule has 1 unspecified atom stereocenters. The highest BCUT2D eigenvalue weighted by atomic mass is 16.1. The Labute approximate surface area is 116 Å². The molecule has 0 heterocycles. The molecular weight excluding hydrogens is 236 g/mol.